The minimum atomic E-state index is -1.56. The maximum absolute atomic E-state index is 14.0. The molecule has 0 bridgehead atoms. The number of benzene rings is 1. The molecular formula is C31H50N8O8. The van der Waals surface area contributed by atoms with E-state index in [1.165, 1.54) is 35.9 Å². The van der Waals surface area contributed by atoms with Gasteiger partial charge in [0.05, 0.1) is 12.1 Å². The Kier molecular flexibility index (Phi) is 14.9. The molecular weight excluding hydrogens is 612 g/mol. The molecule has 0 saturated carbocycles. The van der Waals surface area contributed by atoms with E-state index >= 15 is 0 Å². The van der Waals surface area contributed by atoms with Crippen LogP contribution in [0.3, 0.4) is 0 Å². The number of carboxylic acid groups (broad SMARTS) is 1. The van der Waals surface area contributed by atoms with Gasteiger partial charge in [-0.15, -0.1) is 0 Å². The highest BCUT2D eigenvalue weighted by molar-refractivity contribution is 5.96. The van der Waals surface area contributed by atoms with Crippen molar-refractivity contribution < 1.29 is 39.3 Å². The number of hydrogen-bond donors (Lipinski definition) is 8. The van der Waals surface area contributed by atoms with Gasteiger partial charge >= 0.3 is 5.97 Å². The number of aliphatic imine (C=N–C) groups is 1. The number of nitrogens with one attached hydrogen (secondary N) is 2. The lowest BCUT2D eigenvalue weighted by Crippen LogP contribution is -2.59. The first-order valence-electron chi connectivity index (χ1n) is 15.7. The van der Waals surface area contributed by atoms with E-state index < -0.39 is 65.9 Å². The van der Waals surface area contributed by atoms with Crippen LogP contribution in [0, 0.1) is 5.92 Å². The Morgan fingerprint density at radius 3 is 2.28 bits per heavy atom. The molecule has 1 aliphatic rings. The van der Waals surface area contributed by atoms with Crippen LogP contribution < -0.4 is 27.8 Å². The normalized spacial score (nSPS) is 17.6. The Morgan fingerprint density at radius 2 is 1.72 bits per heavy atom. The van der Waals surface area contributed by atoms with Crippen LogP contribution >= 0.6 is 0 Å². The molecule has 11 N–H and O–H groups in total. The third-order valence-electron chi connectivity index (χ3n) is 7.97. The van der Waals surface area contributed by atoms with Crippen LogP contribution in [-0.2, 0) is 30.4 Å². The van der Waals surface area contributed by atoms with Crippen LogP contribution in [0.5, 0.6) is 5.75 Å². The number of carbonyl (C=O) groups excluding carboxylic acids is 4. The summed E-state index contributed by atoms with van der Waals surface area (Å²) in [6.45, 7) is 5.45. The summed E-state index contributed by atoms with van der Waals surface area (Å²) in [6, 6.07) is 0.463. The first-order chi connectivity index (χ1) is 22.0. The number of nitrogens with two attached hydrogens (primary N) is 3. The number of guanidine groups is 1. The summed E-state index contributed by atoms with van der Waals surface area (Å²) in [6.07, 6.45) is 0.309. The number of aliphatic hydroxyl groups excluding tert-OH is 1. The molecule has 1 aliphatic heterocycles. The van der Waals surface area contributed by atoms with E-state index in [0.29, 0.717) is 18.4 Å². The van der Waals surface area contributed by atoms with Crippen LogP contribution in [0.25, 0.3) is 0 Å². The molecule has 0 unspecified atom stereocenters. The first-order valence-corrected chi connectivity index (χ1v) is 15.7. The molecule has 0 spiro atoms. The number of carbonyl (C=O) groups is 5. The van der Waals surface area contributed by atoms with Crippen LogP contribution in [0.2, 0.25) is 0 Å². The molecule has 0 radical (unpaired) electrons. The van der Waals surface area contributed by atoms with Gasteiger partial charge in [0, 0.05) is 26.6 Å². The number of phenolic OH excluding ortho intramolecular Hbond substituents is 1. The predicted molar refractivity (Wildman–Crippen MR) is 174 cm³/mol. The van der Waals surface area contributed by atoms with Crippen molar-refractivity contribution in [2.45, 2.75) is 95.6 Å². The molecule has 4 amide bonds. The van der Waals surface area contributed by atoms with E-state index in [1.807, 2.05) is 13.8 Å². The molecule has 1 saturated heterocycles. The maximum Gasteiger partial charge on any atom is 0.328 e. The highest BCUT2D eigenvalue weighted by Gasteiger charge is 2.40. The molecule has 1 fully saturated rings. The van der Waals surface area contributed by atoms with Crippen molar-refractivity contribution in [2.75, 3.05) is 20.1 Å². The van der Waals surface area contributed by atoms with Crippen molar-refractivity contribution in [3.8, 4) is 5.75 Å². The second-order valence-corrected chi connectivity index (χ2v) is 12.3. The second kappa shape index (κ2) is 18.0. The standard InChI is InChI=1S/C31H50N8O8/c1-17(2)15-22(29(45)39-14-6-8-23(39)26(42)37-25(18(3)40)30(46)47)36-27(43)24(16-19-9-11-20(41)12-10-19)38(4)28(44)21(32)7-5-13-35-31(33)34/h9-12,17-18,21-25,40-41H,5-8,13-16,32H2,1-4H3,(H,36,43)(H,37,42)(H,46,47)(H4,33,34,35)/t18-,21-,22+,23+,24+,25-/m0/s1. The highest BCUT2D eigenvalue weighted by atomic mass is 16.4. The van der Waals surface area contributed by atoms with Gasteiger partial charge in [-0.3, -0.25) is 24.2 Å². The van der Waals surface area contributed by atoms with Crippen LogP contribution in [-0.4, -0.2) is 117 Å². The number of likely N-dealkylation sites (tertiary alicyclic amines) is 1. The number of aliphatic hydroxyl groups is 1. The number of aliphatic carboxylic acids is 1. The molecule has 6 atom stereocenters. The zero-order valence-electron chi connectivity index (χ0n) is 27.5. The summed E-state index contributed by atoms with van der Waals surface area (Å²) in [7, 11) is 1.45. The molecule has 47 heavy (non-hydrogen) atoms. The van der Waals surface area contributed by atoms with E-state index in [1.54, 1.807) is 12.1 Å². The van der Waals surface area contributed by atoms with Gasteiger partial charge in [0.1, 0.15) is 23.9 Å². The number of nitrogens with zero attached hydrogens (tertiary/aromatic N) is 3. The van der Waals surface area contributed by atoms with Gasteiger partial charge in [0.25, 0.3) is 0 Å². The van der Waals surface area contributed by atoms with E-state index in [2.05, 4.69) is 15.6 Å². The van der Waals surface area contributed by atoms with Crippen LogP contribution in [0.1, 0.15) is 58.4 Å². The van der Waals surface area contributed by atoms with Crippen LogP contribution in [0.15, 0.2) is 29.3 Å². The van der Waals surface area contributed by atoms with Gasteiger partial charge < -0.3 is 53.0 Å². The lowest BCUT2D eigenvalue weighted by atomic mass is 9.99. The van der Waals surface area contributed by atoms with E-state index in [0.717, 1.165) is 0 Å². The summed E-state index contributed by atoms with van der Waals surface area (Å²) >= 11 is 0. The van der Waals surface area contributed by atoms with E-state index in [4.69, 9.17) is 17.2 Å². The summed E-state index contributed by atoms with van der Waals surface area (Å²) in [5.74, 6) is -3.91. The van der Waals surface area contributed by atoms with Crippen molar-refractivity contribution in [1.82, 2.24) is 20.4 Å². The summed E-state index contributed by atoms with van der Waals surface area (Å²) < 4.78 is 0. The van der Waals surface area contributed by atoms with E-state index in [-0.39, 0.29) is 56.4 Å². The molecule has 16 nitrogen and oxygen atoms in total. The second-order valence-electron chi connectivity index (χ2n) is 12.3. The first kappa shape index (κ1) is 38.7. The van der Waals surface area contributed by atoms with Crippen molar-refractivity contribution in [3.63, 3.8) is 0 Å². The minimum Gasteiger partial charge on any atom is -0.508 e. The van der Waals surface area contributed by atoms with Gasteiger partial charge in [-0.2, -0.15) is 0 Å². The minimum absolute atomic E-state index is 0.0249. The Balaban J connectivity index is 2.31. The fourth-order valence-electron chi connectivity index (χ4n) is 5.42. The topological polar surface area (TPSA) is 267 Å². The molecule has 0 aliphatic carbocycles. The quantitative estimate of drug-likeness (QED) is 0.0547. The molecule has 0 aromatic heterocycles. The predicted octanol–water partition coefficient (Wildman–Crippen LogP) is -1.39. The molecule has 16 heteroatoms. The zero-order chi connectivity index (χ0) is 35.4. The monoisotopic (exact) mass is 662 g/mol. The maximum atomic E-state index is 14.0. The van der Waals surface area contributed by atoms with Crippen molar-refractivity contribution >= 4 is 35.6 Å². The zero-order valence-corrected chi connectivity index (χ0v) is 27.5. The van der Waals surface area contributed by atoms with Crippen molar-refractivity contribution in [2.24, 2.45) is 28.1 Å². The van der Waals surface area contributed by atoms with Crippen LogP contribution in [0.4, 0.5) is 0 Å². The Bertz CT molecular complexity index is 1270. The Hall–Kier alpha value is -4.44. The van der Waals surface area contributed by atoms with Gasteiger partial charge in [-0.25, -0.2) is 4.79 Å². The number of hydrogen-bond acceptors (Lipinski definition) is 9. The Morgan fingerprint density at radius 1 is 1.09 bits per heavy atom. The number of carboxylic acids is 1. The molecule has 1 aromatic carbocycles. The Labute approximate surface area is 274 Å². The fourth-order valence-corrected chi connectivity index (χ4v) is 5.42. The molecule has 262 valence electrons. The summed E-state index contributed by atoms with van der Waals surface area (Å²) in [5.41, 5.74) is 17.5. The number of aromatic hydroxyl groups is 1. The number of amides is 4. The third kappa shape index (κ3) is 11.7. The van der Waals surface area contributed by atoms with E-state index in [9.17, 15) is 39.3 Å². The average Bonchev–Trinajstić information content (AvgIpc) is 3.49. The van der Waals surface area contributed by atoms with Gasteiger partial charge in [0.15, 0.2) is 12.0 Å². The van der Waals surface area contributed by atoms with Gasteiger partial charge in [0.2, 0.25) is 23.6 Å². The van der Waals surface area contributed by atoms with Gasteiger partial charge in [-0.05, 0) is 62.6 Å². The van der Waals surface area contributed by atoms with Gasteiger partial charge in [-0.1, -0.05) is 26.0 Å². The number of phenols is 1. The SMILES string of the molecule is CC(C)C[C@@H](NC(=O)[C@@H](Cc1ccc(O)cc1)N(C)C(=O)[C@@H](N)CCCN=C(N)N)C(=O)N1CCC[C@@H]1C(=O)N[C@H](C(=O)O)[C@H](C)O. The van der Waals surface area contributed by atoms with Crippen molar-refractivity contribution in [1.29, 1.82) is 0 Å². The fraction of sp³-hybridized carbons (Fsp3) is 0.613. The average molecular weight is 663 g/mol. The molecule has 1 heterocycles. The highest BCUT2D eigenvalue weighted by Crippen LogP contribution is 2.22. The number of rotatable bonds is 17. The lowest BCUT2D eigenvalue weighted by Gasteiger charge is -2.33. The molecule has 1 aromatic rings. The summed E-state index contributed by atoms with van der Waals surface area (Å²) in [4.78, 5) is 72.3. The lowest BCUT2D eigenvalue weighted by molar-refractivity contribution is -0.147. The largest absolute Gasteiger partial charge is 0.508 e. The smallest absolute Gasteiger partial charge is 0.328 e. The number of likely N-dealkylation sites (N-methyl/N-ethyl adjacent to an activating group) is 1. The summed E-state index contributed by atoms with van der Waals surface area (Å²) in [5, 5.41) is 34.1. The van der Waals surface area contributed by atoms with Crippen molar-refractivity contribution in [3.05, 3.63) is 29.8 Å². The molecule has 2 rings (SSSR count). The third-order valence-corrected chi connectivity index (χ3v) is 7.97.